The van der Waals surface area contributed by atoms with Crippen molar-refractivity contribution in [3.8, 4) is 0 Å². The molecule has 32 heavy (non-hydrogen) atoms. The zero-order valence-corrected chi connectivity index (χ0v) is 19.1. The highest BCUT2D eigenvalue weighted by molar-refractivity contribution is 5.80. The molecule has 1 aromatic carbocycles. The zero-order chi connectivity index (χ0) is 22.9. The number of aromatic nitrogens is 3. The van der Waals surface area contributed by atoms with Crippen LogP contribution in [0.3, 0.4) is 0 Å². The van der Waals surface area contributed by atoms with Gasteiger partial charge in [0.05, 0.1) is 0 Å². The topological polar surface area (TPSA) is 79.6 Å². The molecule has 2 aromatic rings. The number of rotatable bonds is 9. The number of halogens is 2. The van der Waals surface area contributed by atoms with E-state index in [0.717, 1.165) is 37.5 Å². The lowest BCUT2D eigenvalue weighted by atomic mass is 10.0. The lowest BCUT2D eigenvalue weighted by Gasteiger charge is -2.34. The van der Waals surface area contributed by atoms with Crippen LogP contribution < -0.4 is 10.6 Å². The first-order chi connectivity index (χ1) is 15.5. The molecular formula is C22H33F2N7O. The number of hydrogen-bond acceptors (Lipinski definition) is 5. The van der Waals surface area contributed by atoms with Gasteiger partial charge < -0.3 is 19.9 Å². The van der Waals surface area contributed by atoms with E-state index in [9.17, 15) is 8.78 Å². The Balaban J connectivity index is 1.63. The van der Waals surface area contributed by atoms with Gasteiger partial charge in [0.25, 0.3) is 0 Å². The van der Waals surface area contributed by atoms with Gasteiger partial charge in [-0.2, -0.15) is 0 Å². The molecule has 8 nitrogen and oxygen atoms in total. The van der Waals surface area contributed by atoms with Crippen LogP contribution in [0.15, 0.2) is 23.2 Å². The highest BCUT2D eigenvalue weighted by Gasteiger charge is 2.23. The third-order valence-corrected chi connectivity index (χ3v) is 5.67. The molecule has 1 unspecified atom stereocenters. The summed E-state index contributed by atoms with van der Waals surface area (Å²) in [5.74, 6) is 1.30. The highest BCUT2D eigenvalue weighted by atomic mass is 19.1. The van der Waals surface area contributed by atoms with E-state index in [4.69, 9.17) is 4.74 Å². The molecule has 0 aliphatic carbocycles. The third-order valence-electron chi connectivity index (χ3n) is 5.67. The Morgan fingerprint density at radius 3 is 2.75 bits per heavy atom. The average molecular weight is 450 g/mol. The van der Waals surface area contributed by atoms with Crippen LogP contribution in [0.2, 0.25) is 0 Å². The Labute approximate surface area is 188 Å². The predicted octanol–water partition coefficient (Wildman–Crippen LogP) is 2.14. The second-order valence-electron chi connectivity index (χ2n) is 8.08. The summed E-state index contributed by atoms with van der Waals surface area (Å²) in [6, 6.07) is 4.13. The van der Waals surface area contributed by atoms with Crippen molar-refractivity contribution < 1.29 is 13.5 Å². The Kier molecular flexibility index (Phi) is 8.92. The van der Waals surface area contributed by atoms with E-state index in [-0.39, 0.29) is 18.2 Å². The molecule has 2 heterocycles. The summed E-state index contributed by atoms with van der Waals surface area (Å²) in [5, 5.41) is 15.1. The van der Waals surface area contributed by atoms with Gasteiger partial charge in [0.1, 0.15) is 24.0 Å². The summed E-state index contributed by atoms with van der Waals surface area (Å²) >= 11 is 0. The van der Waals surface area contributed by atoms with Gasteiger partial charge in [-0.3, -0.25) is 4.90 Å². The molecule has 0 spiro atoms. The summed E-state index contributed by atoms with van der Waals surface area (Å²) in [5.41, 5.74) is 0.123. The molecule has 2 N–H and O–H groups in total. The van der Waals surface area contributed by atoms with Gasteiger partial charge in [0, 0.05) is 52.0 Å². The molecule has 10 heteroatoms. The molecular weight excluding hydrogens is 416 g/mol. The van der Waals surface area contributed by atoms with Crippen molar-refractivity contribution in [1.82, 2.24) is 30.3 Å². The smallest absolute Gasteiger partial charge is 0.191 e. The van der Waals surface area contributed by atoms with Crippen LogP contribution in [0, 0.1) is 18.6 Å². The quantitative estimate of drug-likeness (QED) is 0.347. The van der Waals surface area contributed by atoms with Gasteiger partial charge in [-0.25, -0.2) is 13.8 Å². The van der Waals surface area contributed by atoms with E-state index < -0.39 is 11.6 Å². The van der Waals surface area contributed by atoms with Gasteiger partial charge in [-0.1, -0.05) is 6.07 Å². The molecule has 1 aromatic heterocycles. The van der Waals surface area contributed by atoms with Crippen molar-refractivity contribution in [3.05, 3.63) is 47.0 Å². The minimum Gasteiger partial charge on any atom is -0.385 e. The van der Waals surface area contributed by atoms with Crippen LogP contribution in [0.5, 0.6) is 0 Å². The van der Waals surface area contributed by atoms with Crippen molar-refractivity contribution in [2.45, 2.75) is 45.3 Å². The average Bonchev–Trinajstić information content (AvgIpc) is 3.10. The van der Waals surface area contributed by atoms with E-state index in [0.29, 0.717) is 32.2 Å². The Morgan fingerprint density at radius 1 is 1.28 bits per heavy atom. The van der Waals surface area contributed by atoms with E-state index in [1.165, 1.54) is 18.2 Å². The van der Waals surface area contributed by atoms with Gasteiger partial charge in [-0.15, -0.1) is 10.2 Å². The van der Waals surface area contributed by atoms with Crippen molar-refractivity contribution >= 4 is 5.96 Å². The van der Waals surface area contributed by atoms with Crippen LogP contribution in [0.1, 0.15) is 36.5 Å². The first-order valence-electron chi connectivity index (χ1n) is 11.0. The molecule has 1 aliphatic heterocycles. The van der Waals surface area contributed by atoms with E-state index in [2.05, 4.69) is 30.7 Å². The molecule has 1 saturated heterocycles. The molecule has 0 bridgehead atoms. The zero-order valence-electron chi connectivity index (χ0n) is 19.1. The first-order valence-corrected chi connectivity index (χ1v) is 11.0. The van der Waals surface area contributed by atoms with Crippen LogP contribution in [0.25, 0.3) is 0 Å². The van der Waals surface area contributed by atoms with Crippen molar-refractivity contribution in [2.24, 2.45) is 12.0 Å². The molecule has 0 radical (unpaired) electrons. The van der Waals surface area contributed by atoms with Gasteiger partial charge in [-0.05, 0) is 44.9 Å². The monoisotopic (exact) mass is 449 g/mol. The van der Waals surface area contributed by atoms with Crippen LogP contribution in [-0.2, 0) is 24.9 Å². The maximum atomic E-state index is 14.1. The lowest BCUT2D eigenvalue weighted by molar-refractivity contribution is 0.187. The fourth-order valence-electron chi connectivity index (χ4n) is 3.73. The summed E-state index contributed by atoms with van der Waals surface area (Å²) < 4.78 is 35.2. The summed E-state index contributed by atoms with van der Waals surface area (Å²) in [4.78, 5) is 6.77. The van der Waals surface area contributed by atoms with E-state index in [1.54, 1.807) is 7.11 Å². The number of methoxy groups -OCH3 is 1. The Hall–Kier alpha value is -2.59. The van der Waals surface area contributed by atoms with Gasteiger partial charge >= 0.3 is 0 Å². The van der Waals surface area contributed by atoms with Crippen LogP contribution >= 0.6 is 0 Å². The number of likely N-dealkylation sites (tertiary alicyclic amines) is 1. The fraction of sp³-hybridized carbons (Fsp3) is 0.591. The second-order valence-corrected chi connectivity index (χ2v) is 8.08. The Morgan fingerprint density at radius 2 is 2.06 bits per heavy atom. The summed E-state index contributed by atoms with van der Waals surface area (Å²) in [6.07, 6.45) is 2.74. The summed E-state index contributed by atoms with van der Waals surface area (Å²) in [7, 11) is 3.60. The van der Waals surface area contributed by atoms with E-state index in [1.807, 2.05) is 18.5 Å². The number of nitrogens with one attached hydrogen (secondary N) is 2. The third kappa shape index (κ3) is 6.70. The number of piperidine rings is 1. The second kappa shape index (κ2) is 11.9. The lowest BCUT2D eigenvalue weighted by Crippen LogP contribution is -2.51. The van der Waals surface area contributed by atoms with Crippen LogP contribution in [-0.4, -0.2) is 65.0 Å². The Bertz CT molecular complexity index is 882. The van der Waals surface area contributed by atoms with Crippen LogP contribution in [0.4, 0.5) is 8.78 Å². The molecule has 1 aliphatic rings. The first kappa shape index (κ1) is 24.1. The highest BCUT2D eigenvalue weighted by Crippen LogP contribution is 2.18. The number of hydrogen-bond donors (Lipinski definition) is 2. The summed E-state index contributed by atoms with van der Waals surface area (Å²) in [6.45, 7) is 5.41. The van der Waals surface area contributed by atoms with Crippen molar-refractivity contribution in [3.63, 3.8) is 0 Å². The fourth-order valence-corrected chi connectivity index (χ4v) is 3.73. The predicted molar refractivity (Wildman–Crippen MR) is 119 cm³/mol. The molecule has 3 rings (SSSR count). The van der Waals surface area contributed by atoms with Crippen molar-refractivity contribution in [1.29, 1.82) is 0 Å². The number of ether oxygens (including phenoxy) is 1. The maximum Gasteiger partial charge on any atom is 0.191 e. The normalized spacial score (nSPS) is 17.5. The molecule has 1 fully saturated rings. The standard InChI is InChI=1S/C22H33F2N7O/c1-16-28-29-21(30(16)2)13-26-22(25-10-6-12-32-3)27-17-7-5-11-31(14-17)15-18-19(23)8-4-9-20(18)24/h4,8-9,17H,5-7,10-15H2,1-3H3,(H2,25,26,27). The largest absolute Gasteiger partial charge is 0.385 e. The number of benzene rings is 1. The number of guanidine groups is 1. The minimum atomic E-state index is -0.499. The SMILES string of the molecule is COCCCNC(=NCc1nnc(C)n1C)NC1CCCN(Cc2c(F)cccc2F)C1. The molecule has 0 saturated carbocycles. The number of aliphatic imine (C=N–C) groups is 1. The minimum absolute atomic E-state index is 0.119. The molecule has 1 atom stereocenters. The molecule has 0 amide bonds. The number of nitrogens with zero attached hydrogens (tertiary/aromatic N) is 5. The number of aryl methyl sites for hydroxylation is 1. The van der Waals surface area contributed by atoms with Crippen molar-refractivity contribution in [2.75, 3.05) is 33.4 Å². The van der Waals surface area contributed by atoms with Gasteiger partial charge in [0.2, 0.25) is 0 Å². The van der Waals surface area contributed by atoms with E-state index >= 15 is 0 Å². The van der Waals surface area contributed by atoms with Gasteiger partial charge in [0.15, 0.2) is 11.8 Å². The molecule has 176 valence electrons. The maximum absolute atomic E-state index is 14.1.